The lowest BCUT2D eigenvalue weighted by Gasteiger charge is -2.15. The van der Waals surface area contributed by atoms with Crippen molar-refractivity contribution in [2.24, 2.45) is 0 Å². The van der Waals surface area contributed by atoms with E-state index in [1.165, 1.54) is 23.9 Å². The molecule has 3 nitrogen and oxygen atoms in total. The molecule has 0 bridgehead atoms. The van der Waals surface area contributed by atoms with Crippen LogP contribution in [0.25, 0.3) is 22.3 Å². The number of nitrogens with zero attached hydrogens (tertiary/aromatic N) is 1. The first-order valence-corrected chi connectivity index (χ1v) is 10.4. The molecule has 0 saturated carbocycles. The van der Waals surface area contributed by atoms with Crippen molar-refractivity contribution >= 4 is 34.4 Å². The zero-order chi connectivity index (χ0) is 21.9. The van der Waals surface area contributed by atoms with E-state index in [9.17, 15) is 18.3 Å². The third-order valence-corrected chi connectivity index (χ3v) is 5.76. The molecular weight excluding hydrogens is 433 g/mol. The van der Waals surface area contributed by atoms with Crippen molar-refractivity contribution in [2.75, 3.05) is 0 Å². The van der Waals surface area contributed by atoms with Crippen molar-refractivity contribution in [1.29, 1.82) is 0 Å². The largest absolute Gasteiger partial charge is 0.418 e. The third kappa shape index (κ3) is 5.09. The van der Waals surface area contributed by atoms with E-state index in [0.29, 0.717) is 11.2 Å². The van der Waals surface area contributed by atoms with Gasteiger partial charge in [0.1, 0.15) is 5.65 Å². The van der Waals surface area contributed by atoms with Gasteiger partial charge in [-0.1, -0.05) is 54.3 Å². The van der Waals surface area contributed by atoms with E-state index in [1.54, 1.807) is 18.3 Å². The van der Waals surface area contributed by atoms with Gasteiger partial charge in [0.25, 0.3) is 0 Å². The van der Waals surface area contributed by atoms with Crippen LogP contribution in [-0.4, -0.2) is 26.6 Å². The standard InChI is InChI=1S/C22H20ClF3N2OS/c1-3-16(11-6-13(2)23)30-19-17-5-4-12-27-21(17)28-18(19)14-7-9-15(10-8-14)20(29)22(24,25)26/h3-13,20,29H,1-2H3,(H,27,28). The first kappa shape index (κ1) is 22.5. The fourth-order valence-electron chi connectivity index (χ4n) is 2.86. The molecule has 0 aliphatic rings. The molecule has 1 aromatic carbocycles. The van der Waals surface area contributed by atoms with Crippen molar-refractivity contribution in [3.05, 3.63) is 71.3 Å². The molecule has 2 unspecified atom stereocenters. The van der Waals surface area contributed by atoms with Gasteiger partial charge >= 0.3 is 6.18 Å². The van der Waals surface area contributed by atoms with Crippen molar-refractivity contribution in [1.82, 2.24) is 9.97 Å². The van der Waals surface area contributed by atoms with Gasteiger partial charge in [0.15, 0.2) is 6.10 Å². The van der Waals surface area contributed by atoms with E-state index in [-0.39, 0.29) is 10.9 Å². The average Bonchev–Trinajstić information content (AvgIpc) is 3.08. The SMILES string of the molecule is CC=C(C=CC(C)Cl)Sc1c(-c2ccc(C(O)C(F)(F)F)cc2)[nH]c2ncccc12. The van der Waals surface area contributed by atoms with E-state index >= 15 is 0 Å². The number of nitrogens with one attached hydrogen (secondary N) is 1. The quantitative estimate of drug-likeness (QED) is 0.240. The zero-order valence-electron chi connectivity index (χ0n) is 16.2. The average molecular weight is 453 g/mol. The summed E-state index contributed by atoms with van der Waals surface area (Å²) < 4.78 is 38.4. The molecule has 2 aromatic heterocycles. The van der Waals surface area contributed by atoms with Gasteiger partial charge in [0.05, 0.1) is 5.69 Å². The number of thioether (sulfide) groups is 1. The minimum absolute atomic E-state index is 0.114. The summed E-state index contributed by atoms with van der Waals surface area (Å²) in [5, 5.41) is 10.3. The van der Waals surface area contributed by atoms with Gasteiger partial charge in [-0.15, -0.1) is 11.6 Å². The number of aliphatic hydroxyl groups is 1. The molecule has 0 saturated heterocycles. The van der Waals surface area contributed by atoms with Crippen molar-refractivity contribution in [3.63, 3.8) is 0 Å². The van der Waals surface area contributed by atoms with E-state index < -0.39 is 12.3 Å². The number of aliphatic hydroxyl groups excluding tert-OH is 1. The number of H-pyrrole nitrogens is 1. The molecular formula is C22H20ClF3N2OS. The van der Waals surface area contributed by atoms with Gasteiger partial charge in [0.2, 0.25) is 0 Å². The molecule has 0 spiro atoms. The predicted octanol–water partition coefficient (Wildman–Crippen LogP) is 7.01. The topological polar surface area (TPSA) is 48.9 Å². The normalized spacial score (nSPS) is 15.1. The molecule has 2 atom stereocenters. The minimum Gasteiger partial charge on any atom is -0.379 e. The number of alkyl halides is 4. The van der Waals surface area contributed by atoms with E-state index in [2.05, 4.69) is 9.97 Å². The van der Waals surface area contributed by atoms with Crippen LogP contribution in [0.3, 0.4) is 0 Å². The van der Waals surface area contributed by atoms with Gasteiger partial charge in [-0.05, 0) is 37.1 Å². The van der Waals surface area contributed by atoms with Crippen molar-refractivity contribution < 1.29 is 18.3 Å². The summed E-state index contributed by atoms with van der Waals surface area (Å²) in [5.74, 6) is 0. The third-order valence-electron chi connectivity index (χ3n) is 4.38. The van der Waals surface area contributed by atoms with Crippen LogP contribution >= 0.6 is 23.4 Å². The number of allylic oxidation sites excluding steroid dienone is 3. The Balaban J connectivity index is 2.03. The van der Waals surface area contributed by atoms with E-state index in [0.717, 1.165) is 20.9 Å². The van der Waals surface area contributed by atoms with E-state index in [1.807, 2.05) is 44.2 Å². The minimum atomic E-state index is -4.71. The second kappa shape index (κ2) is 9.29. The van der Waals surface area contributed by atoms with Crippen molar-refractivity contribution in [3.8, 4) is 11.3 Å². The lowest BCUT2D eigenvalue weighted by Crippen LogP contribution is -2.19. The molecule has 0 radical (unpaired) electrons. The molecule has 2 heterocycles. The second-order valence-electron chi connectivity index (χ2n) is 6.62. The number of halogens is 4. The second-order valence-corrected chi connectivity index (χ2v) is 8.40. The van der Waals surface area contributed by atoms with Crippen LogP contribution in [0.5, 0.6) is 0 Å². The summed E-state index contributed by atoms with van der Waals surface area (Å²) >= 11 is 7.53. The van der Waals surface area contributed by atoms with Crippen LogP contribution in [0.1, 0.15) is 25.5 Å². The highest BCUT2D eigenvalue weighted by molar-refractivity contribution is 8.03. The highest BCUT2D eigenvalue weighted by Crippen LogP contribution is 2.41. The molecule has 0 fully saturated rings. The van der Waals surface area contributed by atoms with Crippen LogP contribution in [0.15, 0.2) is 70.6 Å². The highest BCUT2D eigenvalue weighted by Gasteiger charge is 2.39. The van der Waals surface area contributed by atoms with Crippen LogP contribution in [0, 0.1) is 0 Å². The maximum absolute atomic E-state index is 12.8. The molecule has 158 valence electrons. The maximum Gasteiger partial charge on any atom is 0.418 e. The summed E-state index contributed by atoms with van der Waals surface area (Å²) in [6.07, 6.45) is 0.226. The van der Waals surface area contributed by atoms with Crippen LogP contribution in [-0.2, 0) is 0 Å². The zero-order valence-corrected chi connectivity index (χ0v) is 17.8. The molecule has 8 heteroatoms. The first-order valence-electron chi connectivity index (χ1n) is 9.19. The Kier molecular flexibility index (Phi) is 6.95. The number of rotatable bonds is 6. The Bertz CT molecular complexity index is 1070. The smallest absolute Gasteiger partial charge is 0.379 e. The predicted molar refractivity (Wildman–Crippen MR) is 117 cm³/mol. The number of pyridine rings is 1. The summed E-state index contributed by atoms with van der Waals surface area (Å²) in [6, 6.07) is 9.46. The Hall–Kier alpha value is -2.22. The van der Waals surface area contributed by atoms with Crippen molar-refractivity contribution in [2.45, 2.75) is 36.4 Å². The Morgan fingerprint density at radius 2 is 1.93 bits per heavy atom. The van der Waals surface area contributed by atoms with E-state index in [4.69, 9.17) is 11.6 Å². The first-order chi connectivity index (χ1) is 14.2. The molecule has 0 aliphatic heterocycles. The Morgan fingerprint density at radius 3 is 2.53 bits per heavy atom. The Morgan fingerprint density at radius 1 is 1.23 bits per heavy atom. The summed E-state index contributed by atoms with van der Waals surface area (Å²) in [5.41, 5.74) is 1.91. The van der Waals surface area contributed by atoms with Crippen LogP contribution < -0.4 is 0 Å². The fourth-order valence-corrected chi connectivity index (χ4v) is 3.98. The molecule has 3 aromatic rings. The number of hydrogen-bond donors (Lipinski definition) is 2. The molecule has 3 rings (SSSR count). The Labute approximate surface area is 181 Å². The number of hydrogen-bond acceptors (Lipinski definition) is 3. The van der Waals surface area contributed by atoms with Gasteiger partial charge in [-0.3, -0.25) is 0 Å². The maximum atomic E-state index is 12.8. The highest BCUT2D eigenvalue weighted by atomic mass is 35.5. The number of aromatic nitrogens is 2. The van der Waals surface area contributed by atoms with Gasteiger partial charge in [0, 0.05) is 26.8 Å². The van der Waals surface area contributed by atoms with Gasteiger partial charge in [-0.25, -0.2) is 4.98 Å². The van der Waals surface area contributed by atoms with Crippen LogP contribution in [0.4, 0.5) is 13.2 Å². The fraction of sp³-hybridized carbons (Fsp3) is 0.227. The van der Waals surface area contributed by atoms with Gasteiger partial charge < -0.3 is 10.1 Å². The monoisotopic (exact) mass is 452 g/mol. The summed E-state index contributed by atoms with van der Waals surface area (Å²) in [7, 11) is 0. The van der Waals surface area contributed by atoms with Gasteiger partial charge in [-0.2, -0.15) is 13.2 Å². The summed E-state index contributed by atoms with van der Waals surface area (Å²) in [6.45, 7) is 3.79. The van der Waals surface area contributed by atoms with Crippen LogP contribution in [0.2, 0.25) is 0 Å². The number of aromatic amines is 1. The molecule has 0 amide bonds. The lowest BCUT2D eigenvalue weighted by molar-refractivity contribution is -0.206. The molecule has 2 N–H and O–H groups in total. The summed E-state index contributed by atoms with van der Waals surface area (Å²) in [4.78, 5) is 9.49. The molecule has 30 heavy (non-hydrogen) atoms. The lowest BCUT2D eigenvalue weighted by atomic mass is 10.0. The molecule has 0 aliphatic carbocycles. The number of fused-ring (bicyclic) bond motifs is 1. The number of benzene rings is 1.